The highest BCUT2D eigenvalue weighted by molar-refractivity contribution is 7.10. The van der Waals surface area contributed by atoms with Crippen molar-refractivity contribution in [2.75, 3.05) is 5.32 Å². The average Bonchev–Trinajstić information content (AvgIpc) is 2.88. The summed E-state index contributed by atoms with van der Waals surface area (Å²) in [6, 6.07) is 5.85. The van der Waals surface area contributed by atoms with Gasteiger partial charge in [0.2, 0.25) is 5.91 Å². The second kappa shape index (κ2) is 6.11. The van der Waals surface area contributed by atoms with Gasteiger partial charge >= 0.3 is 0 Å². The van der Waals surface area contributed by atoms with Crippen LogP contribution in [0.4, 0.5) is 5.69 Å². The molecule has 1 amide bonds. The molecule has 1 aromatic heterocycles. The van der Waals surface area contributed by atoms with Crippen LogP contribution in [0.1, 0.15) is 10.9 Å². The molecule has 1 unspecified atom stereocenters. The van der Waals surface area contributed by atoms with E-state index in [1.54, 1.807) is 6.07 Å². The lowest BCUT2D eigenvalue weighted by Crippen LogP contribution is -2.27. The molecule has 1 aromatic carbocycles. The summed E-state index contributed by atoms with van der Waals surface area (Å²) in [6.45, 7) is 0. The topological polar surface area (TPSA) is 55.1 Å². The summed E-state index contributed by atoms with van der Waals surface area (Å²) >= 11 is 19.1. The molecule has 3 N–H and O–H groups in total. The van der Waals surface area contributed by atoms with Crippen molar-refractivity contribution < 1.29 is 4.79 Å². The van der Waals surface area contributed by atoms with E-state index in [4.69, 9.17) is 40.5 Å². The summed E-state index contributed by atoms with van der Waals surface area (Å²) in [6.07, 6.45) is 0. The Kier molecular flexibility index (Phi) is 4.71. The van der Waals surface area contributed by atoms with E-state index in [0.717, 1.165) is 4.88 Å². The third-order valence-corrected chi connectivity index (χ3v) is 4.39. The molecule has 7 heteroatoms. The predicted octanol–water partition coefficient (Wildman–Crippen LogP) is 4.35. The second-order valence-corrected chi connectivity index (χ2v) is 5.93. The lowest BCUT2D eigenvalue weighted by Gasteiger charge is -2.12. The molecule has 3 nitrogen and oxygen atoms in total. The van der Waals surface area contributed by atoms with Crippen LogP contribution in [0.5, 0.6) is 0 Å². The number of hydrogen-bond donors (Lipinski definition) is 2. The first kappa shape index (κ1) is 14.6. The number of thiophene rings is 1. The molecule has 100 valence electrons. The second-order valence-electron chi connectivity index (χ2n) is 3.73. The van der Waals surface area contributed by atoms with Crippen LogP contribution in [0.3, 0.4) is 0 Å². The zero-order valence-corrected chi connectivity index (χ0v) is 12.6. The maximum absolute atomic E-state index is 12.0. The van der Waals surface area contributed by atoms with Crippen molar-refractivity contribution in [2.24, 2.45) is 5.73 Å². The number of carbonyl (C=O) groups excluding carboxylic acids is 1. The van der Waals surface area contributed by atoms with Gasteiger partial charge in [0.15, 0.2) is 0 Å². The van der Waals surface area contributed by atoms with E-state index in [2.05, 4.69) is 5.32 Å². The molecule has 2 aromatic rings. The van der Waals surface area contributed by atoms with Gasteiger partial charge in [-0.2, -0.15) is 0 Å². The smallest absolute Gasteiger partial charge is 0.246 e. The predicted molar refractivity (Wildman–Crippen MR) is 81.3 cm³/mol. The number of halogens is 3. The minimum atomic E-state index is -0.745. The van der Waals surface area contributed by atoms with Crippen molar-refractivity contribution in [3.63, 3.8) is 0 Å². The van der Waals surface area contributed by atoms with Gasteiger partial charge in [0, 0.05) is 4.88 Å². The maximum Gasteiger partial charge on any atom is 0.246 e. The minimum absolute atomic E-state index is 0.307. The fourth-order valence-corrected chi connectivity index (χ4v) is 2.75. The van der Waals surface area contributed by atoms with Gasteiger partial charge in [0.1, 0.15) is 6.04 Å². The Labute approximate surface area is 129 Å². The van der Waals surface area contributed by atoms with E-state index >= 15 is 0 Å². The lowest BCUT2D eigenvalue weighted by molar-refractivity contribution is -0.117. The van der Waals surface area contributed by atoms with Crippen LogP contribution in [0, 0.1) is 0 Å². The van der Waals surface area contributed by atoms with Gasteiger partial charge < -0.3 is 11.1 Å². The Hall–Kier alpha value is -0.780. The molecule has 0 spiro atoms. The zero-order valence-electron chi connectivity index (χ0n) is 9.49. The molecule has 0 saturated heterocycles. The first-order valence-corrected chi connectivity index (χ1v) is 7.25. The summed E-state index contributed by atoms with van der Waals surface area (Å²) in [5.41, 5.74) is 6.23. The Balaban J connectivity index is 2.17. The van der Waals surface area contributed by atoms with E-state index in [1.165, 1.54) is 23.5 Å². The molecule has 0 aliphatic heterocycles. The number of benzene rings is 1. The molecule has 2 rings (SSSR count). The lowest BCUT2D eigenvalue weighted by atomic mass is 10.2. The van der Waals surface area contributed by atoms with Gasteiger partial charge in [-0.25, -0.2) is 0 Å². The first-order chi connectivity index (χ1) is 8.99. The summed E-state index contributed by atoms with van der Waals surface area (Å²) in [7, 11) is 0. The SMILES string of the molecule is NC(C(=O)Nc1cc(Cl)c(Cl)cc1Cl)c1cccs1. The highest BCUT2D eigenvalue weighted by Crippen LogP contribution is 2.32. The summed E-state index contributed by atoms with van der Waals surface area (Å²) in [5, 5.41) is 5.43. The summed E-state index contributed by atoms with van der Waals surface area (Å²) < 4.78 is 0. The largest absolute Gasteiger partial charge is 0.323 e. The van der Waals surface area contributed by atoms with Crippen molar-refractivity contribution in [2.45, 2.75) is 6.04 Å². The fraction of sp³-hybridized carbons (Fsp3) is 0.0833. The van der Waals surface area contributed by atoms with E-state index in [1.807, 2.05) is 11.4 Å². The number of nitrogens with one attached hydrogen (secondary N) is 1. The van der Waals surface area contributed by atoms with E-state index in [0.29, 0.717) is 20.8 Å². The highest BCUT2D eigenvalue weighted by Gasteiger charge is 2.18. The van der Waals surface area contributed by atoms with Crippen LogP contribution in [0.25, 0.3) is 0 Å². The molecule has 1 heterocycles. The Morgan fingerprint density at radius 1 is 1.21 bits per heavy atom. The van der Waals surface area contributed by atoms with Gasteiger partial charge in [-0.1, -0.05) is 40.9 Å². The molecule has 0 aliphatic carbocycles. The molecular formula is C12H9Cl3N2OS. The monoisotopic (exact) mass is 334 g/mol. The summed E-state index contributed by atoms with van der Waals surface area (Å²) in [4.78, 5) is 12.8. The maximum atomic E-state index is 12.0. The number of rotatable bonds is 3. The Morgan fingerprint density at radius 3 is 2.53 bits per heavy atom. The third kappa shape index (κ3) is 3.41. The fourth-order valence-electron chi connectivity index (χ4n) is 1.43. The Morgan fingerprint density at radius 2 is 1.89 bits per heavy atom. The summed E-state index contributed by atoms with van der Waals surface area (Å²) in [5.74, 6) is -0.359. The molecule has 0 saturated carbocycles. The first-order valence-electron chi connectivity index (χ1n) is 5.23. The van der Waals surface area contributed by atoms with Crippen LogP contribution in [-0.2, 0) is 4.79 Å². The van der Waals surface area contributed by atoms with Crippen molar-refractivity contribution in [1.29, 1.82) is 0 Å². The number of nitrogens with two attached hydrogens (primary N) is 1. The van der Waals surface area contributed by atoms with Crippen LogP contribution < -0.4 is 11.1 Å². The highest BCUT2D eigenvalue weighted by atomic mass is 35.5. The van der Waals surface area contributed by atoms with Crippen molar-refractivity contribution in [3.8, 4) is 0 Å². The minimum Gasteiger partial charge on any atom is -0.323 e. The molecular weight excluding hydrogens is 327 g/mol. The van der Waals surface area contributed by atoms with Crippen LogP contribution in [0.15, 0.2) is 29.6 Å². The standard InChI is InChI=1S/C12H9Cl3N2OS/c13-6-4-8(15)9(5-7(6)14)17-12(18)11(16)10-2-1-3-19-10/h1-5,11H,16H2,(H,17,18). The zero-order chi connectivity index (χ0) is 14.0. The molecule has 0 fully saturated rings. The van der Waals surface area contributed by atoms with Crippen LogP contribution >= 0.6 is 46.1 Å². The van der Waals surface area contributed by atoms with Gasteiger partial charge in [-0.15, -0.1) is 11.3 Å². The van der Waals surface area contributed by atoms with E-state index < -0.39 is 6.04 Å². The molecule has 0 bridgehead atoms. The number of hydrogen-bond acceptors (Lipinski definition) is 3. The van der Waals surface area contributed by atoms with Gasteiger partial charge in [0.25, 0.3) is 0 Å². The van der Waals surface area contributed by atoms with Gasteiger partial charge in [-0.05, 0) is 23.6 Å². The molecule has 0 aliphatic rings. The number of carbonyl (C=O) groups is 1. The molecule has 1 atom stereocenters. The van der Waals surface area contributed by atoms with Crippen LogP contribution in [-0.4, -0.2) is 5.91 Å². The number of anilines is 1. The Bertz CT molecular complexity index is 601. The normalized spacial score (nSPS) is 12.2. The van der Waals surface area contributed by atoms with E-state index in [9.17, 15) is 4.79 Å². The van der Waals surface area contributed by atoms with Gasteiger partial charge in [0.05, 0.1) is 20.8 Å². The van der Waals surface area contributed by atoms with Crippen molar-refractivity contribution in [1.82, 2.24) is 0 Å². The van der Waals surface area contributed by atoms with Crippen LogP contribution in [0.2, 0.25) is 15.1 Å². The quantitative estimate of drug-likeness (QED) is 0.819. The average molecular weight is 336 g/mol. The third-order valence-electron chi connectivity index (χ3n) is 2.40. The van der Waals surface area contributed by atoms with Crippen molar-refractivity contribution >= 4 is 57.7 Å². The molecule has 19 heavy (non-hydrogen) atoms. The number of amides is 1. The molecule has 0 radical (unpaired) electrons. The van der Waals surface area contributed by atoms with E-state index in [-0.39, 0.29) is 5.91 Å². The van der Waals surface area contributed by atoms with Crippen molar-refractivity contribution in [3.05, 3.63) is 49.6 Å². The van der Waals surface area contributed by atoms with Gasteiger partial charge in [-0.3, -0.25) is 4.79 Å².